The number of thiophene rings is 1. The normalized spacial score (nSPS) is 18.4. The van der Waals surface area contributed by atoms with Gasteiger partial charge in [0.15, 0.2) is 0 Å². The minimum atomic E-state index is 0.371. The molecular formula is C28H31NS. The van der Waals surface area contributed by atoms with Gasteiger partial charge in [0, 0.05) is 35.2 Å². The van der Waals surface area contributed by atoms with Crippen molar-refractivity contribution in [3.8, 4) is 0 Å². The van der Waals surface area contributed by atoms with E-state index in [9.17, 15) is 0 Å². The van der Waals surface area contributed by atoms with Crippen molar-refractivity contribution in [3.63, 3.8) is 0 Å². The van der Waals surface area contributed by atoms with Gasteiger partial charge < -0.3 is 4.90 Å². The molecule has 0 saturated heterocycles. The number of nitrogens with zero attached hydrogens (tertiary/aromatic N) is 1. The predicted octanol–water partition coefficient (Wildman–Crippen LogP) is 5.88. The van der Waals surface area contributed by atoms with Gasteiger partial charge in [-0.1, -0.05) is 80.5 Å². The van der Waals surface area contributed by atoms with Gasteiger partial charge in [0.2, 0.25) is 0 Å². The molecular weight excluding hydrogens is 382 g/mol. The summed E-state index contributed by atoms with van der Waals surface area (Å²) in [5.41, 5.74) is 10.5. The fraction of sp³-hybridized carbons (Fsp3) is 0.286. The van der Waals surface area contributed by atoms with Crippen LogP contribution in [0.2, 0.25) is 0 Å². The molecule has 2 atom stereocenters. The highest BCUT2D eigenvalue weighted by Gasteiger charge is 2.21. The van der Waals surface area contributed by atoms with E-state index in [1.54, 1.807) is 0 Å². The maximum absolute atomic E-state index is 4.00. The average molecular weight is 414 g/mol. The van der Waals surface area contributed by atoms with Gasteiger partial charge in [-0.05, 0) is 31.3 Å². The van der Waals surface area contributed by atoms with Crippen LogP contribution in [0.3, 0.4) is 0 Å². The van der Waals surface area contributed by atoms with Crippen LogP contribution in [-0.2, 0) is 6.42 Å². The van der Waals surface area contributed by atoms with E-state index in [0.717, 1.165) is 19.4 Å². The molecule has 1 aromatic rings. The largest absolute Gasteiger partial charge is 0.343 e. The van der Waals surface area contributed by atoms with Crippen LogP contribution in [0.25, 0.3) is 17.5 Å². The first kappa shape index (κ1) is 21.9. The van der Waals surface area contributed by atoms with Gasteiger partial charge in [-0.3, -0.25) is 0 Å². The van der Waals surface area contributed by atoms with Gasteiger partial charge >= 0.3 is 0 Å². The lowest BCUT2D eigenvalue weighted by Crippen LogP contribution is -2.34. The highest BCUT2D eigenvalue weighted by Crippen LogP contribution is 2.26. The van der Waals surface area contributed by atoms with E-state index in [0.29, 0.717) is 11.8 Å². The summed E-state index contributed by atoms with van der Waals surface area (Å²) in [5.74, 6) is 0.958. The first-order valence-electron chi connectivity index (χ1n) is 10.6. The second kappa shape index (κ2) is 10.3. The molecule has 0 bridgehead atoms. The van der Waals surface area contributed by atoms with Crippen LogP contribution in [0.4, 0.5) is 0 Å². The number of hydrogen-bond donors (Lipinski definition) is 0. The minimum absolute atomic E-state index is 0.371. The second-order valence-electron chi connectivity index (χ2n) is 7.87. The van der Waals surface area contributed by atoms with Crippen LogP contribution < -0.4 is 9.75 Å². The Balaban J connectivity index is 2.18. The molecule has 1 aromatic heterocycles. The molecule has 0 radical (unpaired) electrons. The molecule has 2 aliphatic rings. The maximum Gasteiger partial charge on any atom is 0.0681 e. The van der Waals surface area contributed by atoms with Crippen molar-refractivity contribution in [3.05, 3.63) is 99.5 Å². The van der Waals surface area contributed by atoms with Crippen LogP contribution >= 0.6 is 11.3 Å². The first-order chi connectivity index (χ1) is 14.6. The van der Waals surface area contributed by atoms with Gasteiger partial charge in [0.25, 0.3) is 0 Å². The number of hydrogen-bond acceptors (Lipinski definition) is 2. The molecule has 2 unspecified atom stereocenters. The molecule has 30 heavy (non-hydrogen) atoms. The Labute approximate surface area is 185 Å². The first-order valence-corrected chi connectivity index (χ1v) is 11.5. The monoisotopic (exact) mass is 413 g/mol. The van der Waals surface area contributed by atoms with Crippen LogP contribution in [0.15, 0.2) is 79.3 Å². The smallest absolute Gasteiger partial charge is 0.0681 e. The summed E-state index contributed by atoms with van der Waals surface area (Å²) in [4.78, 5) is 3.89. The van der Waals surface area contributed by atoms with Crippen LogP contribution in [-0.4, -0.2) is 11.4 Å². The molecule has 154 valence electrons. The van der Waals surface area contributed by atoms with Crippen LogP contribution in [0.5, 0.6) is 0 Å². The Morgan fingerprint density at radius 2 is 2.20 bits per heavy atom. The Kier molecular flexibility index (Phi) is 7.55. The topological polar surface area (TPSA) is 3.24 Å². The summed E-state index contributed by atoms with van der Waals surface area (Å²) < 4.78 is 1.30. The van der Waals surface area contributed by atoms with Gasteiger partial charge in [0.05, 0.1) is 15.4 Å². The molecule has 3 rings (SSSR count). The van der Waals surface area contributed by atoms with Gasteiger partial charge in [-0.15, -0.1) is 17.9 Å². The summed E-state index contributed by atoms with van der Waals surface area (Å²) in [5, 5.41) is 1.19. The van der Waals surface area contributed by atoms with E-state index in [4.69, 9.17) is 0 Å². The highest BCUT2D eigenvalue weighted by molar-refractivity contribution is 7.10. The number of allylic oxidation sites excluding steroid dienone is 7. The van der Waals surface area contributed by atoms with Gasteiger partial charge in [-0.25, -0.2) is 0 Å². The third-order valence-electron chi connectivity index (χ3n) is 5.28. The predicted molar refractivity (Wildman–Crippen MR) is 133 cm³/mol. The maximum atomic E-state index is 4.00. The molecule has 0 aromatic carbocycles. The Hall–Kier alpha value is -2.76. The average Bonchev–Trinajstić information content (AvgIpc) is 3.11. The molecule has 0 N–H and O–H groups in total. The van der Waals surface area contributed by atoms with Gasteiger partial charge in [-0.2, -0.15) is 0 Å². The summed E-state index contributed by atoms with van der Waals surface area (Å²) in [6.07, 6.45) is 23.0. The molecule has 0 saturated carbocycles. The number of fused-ring (bicyclic) bond motifs is 3. The standard InChI is InChI=1S/C28H31NS/c1-6-9-13-22(5)20-29(23(12-8-3)14-10-7-2)26-16-11-15-25-24-18-17-21(4)19-27(24)30-28(25)26/h6-10,13-14,16-18,21-22H,1,3,12,19-20H2,2,4-5H3/b10-7-,13-9-,23-14+. The molecule has 0 spiro atoms. The Morgan fingerprint density at radius 3 is 2.93 bits per heavy atom. The highest BCUT2D eigenvalue weighted by atomic mass is 32.1. The molecule has 0 amide bonds. The number of rotatable bonds is 9. The SMILES string of the molecule is C=C/C=C\C(C)CN(C1=c2sc3c(c2=C=C=C1)C=CC(C)C3)/C(=C/C=C\C)CC=C. The molecule has 1 heterocycles. The van der Waals surface area contributed by atoms with Gasteiger partial charge in [0.1, 0.15) is 0 Å². The van der Waals surface area contributed by atoms with Crippen molar-refractivity contribution < 1.29 is 0 Å². The minimum Gasteiger partial charge on any atom is -0.343 e. The van der Waals surface area contributed by atoms with E-state index >= 15 is 0 Å². The molecule has 1 nitrogen and oxygen atoms in total. The molecule has 0 fully saturated rings. The summed E-state index contributed by atoms with van der Waals surface area (Å²) in [6.45, 7) is 15.3. The van der Waals surface area contributed by atoms with E-state index in [-0.39, 0.29) is 0 Å². The van der Waals surface area contributed by atoms with E-state index < -0.39 is 0 Å². The lowest BCUT2D eigenvalue weighted by Gasteiger charge is -2.30. The Bertz CT molecular complexity index is 1120. The van der Waals surface area contributed by atoms with Crippen molar-refractivity contribution in [2.45, 2.75) is 33.6 Å². The van der Waals surface area contributed by atoms with Crippen molar-refractivity contribution in [1.82, 2.24) is 4.90 Å². The zero-order valence-corrected chi connectivity index (χ0v) is 19.1. The summed E-state index contributed by atoms with van der Waals surface area (Å²) in [7, 11) is 0. The lowest BCUT2D eigenvalue weighted by molar-refractivity contribution is 0.430. The fourth-order valence-electron chi connectivity index (χ4n) is 3.80. The van der Waals surface area contributed by atoms with Crippen molar-refractivity contribution in [1.29, 1.82) is 0 Å². The van der Waals surface area contributed by atoms with Crippen molar-refractivity contribution in [2.75, 3.05) is 6.54 Å². The van der Waals surface area contributed by atoms with E-state index in [2.05, 4.69) is 85.9 Å². The van der Waals surface area contributed by atoms with Crippen LogP contribution in [0, 0.1) is 11.8 Å². The molecule has 2 heteroatoms. The third-order valence-corrected chi connectivity index (χ3v) is 6.53. The third kappa shape index (κ3) is 4.86. The molecule has 0 aliphatic heterocycles. The van der Waals surface area contributed by atoms with Crippen molar-refractivity contribution in [2.24, 2.45) is 11.8 Å². The second-order valence-corrected chi connectivity index (χ2v) is 8.97. The zero-order valence-electron chi connectivity index (χ0n) is 18.3. The molecule has 2 aliphatic carbocycles. The fourth-order valence-corrected chi connectivity index (χ4v) is 5.21. The van der Waals surface area contributed by atoms with Crippen LogP contribution in [0.1, 0.15) is 37.6 Å². The summed E-state index contributed by atoms with van der Waals surface area (Å²) >= 11 is 1.91. The Morgan fingerprint density at radius 1 is 1.37 bits per heavy atom. The zero-order chi connectivity index (χ0) is 21.5. The van der Waals surface area contributed by atoms with Crippen molar-refractivity contribution >= 4 is 28.8 Å². The van der Waals surface area contributed by atoms with E-state index in [1.807, 2.05) is 36.5 Å². The van der Waals surface area contributed by atoms with E-state index in [1.165, 1.54) is 31.6 Å². The quantitative estimate of drug-likeness (QED) is 0.277. The lowest BCUT2D eigenvalue weighted by atomic mass is 9.96. The summed E-state index contributed by atoms with van der Waals surface area (Å²) in [6, 6.07) is 0.